The Hall–Kier alpha value is -5.81. The molecule has 0 aliphatic carbocycles. The number of nitrogens with one attached hydrogen (secondary N) is 1. The molecule has 14 nitrogen and oxygen atoms in total. The first kappa shape index (κ1) is 35.6. The molecule has 7 rings (SSSR count). The molecular formula is C35H30ClF3N8O6. The van der Waals surface area contributed by atoms with E-state index in [0.29, 0.717) is 22.9 Å². The number of piperidine rings is 1. The Bertz CT molecular complexity index is 2350. The summed E-state index contributed by atoms with van der Waals surface area (Å²) in [7, 11) is 3.25. The number of likely N-dealkylation sites (tertiary alicyclic amines) is 1. The van der Waals surface area contributed by atoms with Gasteiger partial charge in [-0.05, 0) is 55.3 Å². The molecule has 0 atom stereocenters. The van der Waals surface area contributed by atoms with E-state index in [2.05, 4.69) is 20.4 Å². The molecule has 18 heteroatoms. The van der Waals surface area contributed by atoms with Gasteiger partial charge < -0.3 is 29.5 Å². The minimum absolute atomic E-state index is 0.00949. The van der Waals surface area contributed by atoms with Gasteiger partial charge in [0.15, 0.2) is 11.5 Å². The SMILES string of the molecule is CN(C)C(=O)c1ccc(-c2nc3n(CC(=O)Nc4ccc(C(F)(F)F)cc4Cl)c4c(c(=O)n3n2)C2(CCN(C(=O)c3ncccc3O)CC2)OC4)cc1. The Labute approximate surface area is 303 Å². The number of carbonyl (C=O) groups is 3. The number of carbonyl (C=O) groups excluding carboxylic acids is 3. The topological polar surface area (TPSA) is 164 Å². The van der Waals surface area contributed by atoms with Gasteiger partial charge in [0.2, 0.25) is 11.7 Å². The Morgan fingerprint density at radius 3 is 2.43 bits per heavy atom. The van der Waals surface area contributed by atoms with Crippen LogP contribution in [0.1, 0.15) is 50.5 Å². The van der Waals surface area contributed by atoms with Crippen LogP contribution in [0.3, 0.4) is 0 Å². The van der Waals surface area contributed by atoms with Gasteiger partial charge in [0.05, 0.1) is 34.1 Å². The van der Waals surface area contributed by atoms with Crippen LogP contribution in [-0.4, -0.2) is 84.0 Å². The van der Waals surface area contributed by atoms with Crippen LogP contribution in [0.5, 0.6) is 5.75 Å². The zero-order valence-electron chi connectivity index (χ0n) is 28.1. The number of amides is 3. The molecule has 1 spiro atoms. The molecule has 2 aliphatic rings. The molecule has 3 aromatic heterocycles. The summed E-state index contributed by atoms with van der Waals surface area (Å²) in [6, 6.07) is 11.9. The first-order valence-corrected chi connectivity index (χ1v) is 16.6. The van der Waals surface area contributed by atoms with Crippen molar-refractivity contribution in [3.63, 3.8) is 0 Å². The molecule has 0 saturated carbocycles. The monoisotopic (exact) mass is 750 g/mol. The molecule has 5 heterocycles. The number of aromatic hydroxyl groups is 1. The minimum atomic E-state index is -4.64. The van der Waals surface area contributed by atoms with E-state index in [1.807, 2.05) is 0 Å². The van der Waals surface area contributed by atoms with Crippen LogP contribution in [0.25, 0.3) is 17.2 Å². The molecule has 0 radical (unpaired) electrons. The van der Waals surface area contributed by atoms with Crippen LogP contribution < -0.4 is 10.9 Å². The Balaban J connectivity index is 1.26. The molecule has 3 amide bonds. The van der Waals surface area contributed by atoms with Crippen LogP contribution in [0, 0.1) is 0 Å². The fourth-order valence-electron chi connectivity index (χ4n) is 6.60. The van der Waals surface area contributed by atoms with Gasteiger partial charge in [-0.3, -0.25) is 19.2 Å². The highest BCUT2D eigenvalue weighted by Gasteiger charge is 2.48. The third-order valence-corrected chi connectivity index (χ3v) is 9.62. The maximum Gasteiger partial charge on any atom is 0.416 e. The summed E-state index contributed by atoms with van der Waals surface area (Å²) in [6.45, 7) is -0.257. The standard InChI is InChI=1S/C35H30ClF3N8O6/c1-44(2)30(50)20-7-5-19(6-8-20)29-42-33-46(17-26(49)41-23-10-9-21(16-22(23)36)35(37,38)39)24-18-53-34(27(24)31(51)47(33)43-29)11-14-45(15-12-34)32(52)28-25(48)4-3-13-40-28/h3-10,13,16,48H,11-12,14-15,17-18H2,1-2H3,(H,41,49). The van der Waals surface area contributed by atoms with Gasteiger partial charge >= 0.3 is 6.18 Å². The van der Waals surface area contributed by atoms with Crippen molar-refractivity contribution in [3.05, 3.63) is 104 Å². The number of pyridine rings is 1. The summed E-state index contributed by atoms with van der Waals surface area (Å²) in [5.74, 6) is -1.54. The average Bonchev–Trinajstić information content (AvgIpc) is 3.74. The highest BCUT2D eigenvalue weighted by atomic mass is 35.5. The molecule has 5 aromatic rings. The largest absolute Gasteiger partial charge is 0.505 e. The van der Waals surface area contributed by atoms with Crippen molar-refractivity contribution < 1.29 is 37.4 Å². The number of anilines is 1. The number of alkyl halides is 3. The number of hydrogen-bond donors (Lipinski definition) is 2. The van der Waals surface area contributed by atoms with Crippen LogP contribution in [0.15, 0.2) is 65.6 Å². The second-order valence-electron chi connectivity index (χ2n) is 12.8. The van der Waals surface area contributed by atoms with Crippen molar-refractivity contribution in [2.45, 2.75) is 37.8 Å². The first-order chi connectivity index (χ1) is 25.2. The van der Waals surface area contributed by atoms with E-state index < -0.39 is 41.3 Å². The van der Waals surface area contributed by atoms with E-state index in [-0.39, 0.29) is 77.8 Å². The maximum absolute atomic E-state index is 14.3. The number of fused-ring (bicyclic) bond motifs is 3. The molecule has 0 bridgehead atoms. The molecule has 1 saturated heterocycles. The Morgan fingerprint density at radius 1 is 1.08 bits per heavy atom. The highest BCUT2D eigenvalue weighted by molar-refractivity contribution is 6.33. The zero-order valence-corrected chi connectivity index (χ0v) is 28.9. The molecule has 2 N–H and O–H groups in total. The molecule has 2 aromatic carbocycles. The second kappa shape index (κ2) is 13.3. The first-order valence-electron chi connectivity index (χ1n) is 16.3. The molecular weight excluding hydrogens is 721 g/mol. The fourth-order valence-corrected chi connectivity index (χ4v) is 6.83. The summed E-state index contributed by atoms with van der Waals surface area (Å²) in [5, 5.41) is 16.9. The van der Waals surface area contributed by atoms with E-state index in [1.165, 1.54) is 32.7 Å². The van der Waals surface area contributed by atoms with Crippen molar-refractivity contribution >= 4 is 40.8 Å². The second-order valence-corrected chi connectivity index (χ2v) is 13.2. The zero-order chi connectivity index (χ0) is 37.8. The van der Waals surface area contributed by atoms with Crippen LogP contribution in [0.4, 0.5) is 18.9 Å². The van der Waals surface area contributed by atoms with Crippen molar-refractivity contribution in [1.29, 1.82) is 0 Å². The number of rotatable bonds is 6. The van der Waals surface area contributed by atoms with Crippen LogP contribution in [-0.2, 0) is 34.5 Å². The quantitative estimate of drug-likeness (QED) is 0.257. The van der Waals surface area contributed by atoms with Gasteiger partial charge in [-0.25, -0.2) is 4.98 Å². The number of aromatic nitrogens is 5. The normalized spacial score (nSPS) is 15.1. The van der Waals surface area contributed by atoms with Crippen molar-refractivity contribution in [1.82, 2.24) is 33.9 Å². The fraction of sp³-hybridized carbons (Fsp3) is 0.286. The summed E-state index contributed by atoms with van der Waals surface area (Å²) in [6.07, 6.45) is -2.86. The summed E-state index contributed by atoms with van der Waals surface area (Å²) in [5.41, 5.74) is -1.40. The number of benzene rings is 2. The lowest BCUT2D eigenvalue weighted by molar-refractivity contribution is -0.137. The third kappa shape index (κ3) is 6.46. The maximum atomic E-state index is 14.3. The van der Waals surface area contributed by atoms with Crippen LogP contribution in [0.2, 0.25) is 5.02 Å². The number of halogens is 4. The molecule has 53 heavy (non-hydrogen) atoms. The lowest BCUT2D eigenvalue weighted by Crippen LogP contribution is -2.47. The molecule has 1 fully saturated rings. The predicted molar refractivity (Wildman–Crippen MR) is 183 cm³/mol. The van der Waals surface area contributed by atoms with Crippen molar-refractivity contribution in [2.75, 3.05) is 32.5 Å². The molecule has 274 valence electrons. The average molecular weight is 751 g/mol. The van der Waals surface area contributed by atoms with Gasteiger partial charge in [-0.15, -0.1) is 5.10 Å². The predicted octanol–water partition coefficient (Wildman–Crippen LogP) is 4.33. The van der Waals surface area contributed by atoms with Crippen LogP contribution >= 0.6 is 11.6 Å². The lowest BCUT2D eigenvalue weighted by atomic mass is 9.85. The minimum Gasteiger partial charge on any atom is -0.505 e. The van der Waals surface area contributed by atoms with E-state index in [9.17, 15) is 37.5 Å². The number of hydrogen-bond acceptors (Lipinski definition) is 9. The Morgan fingerprint density at radius 2 is 1.79 bits per heavy atom. The van der Waals surface area contributed by atoms with Gasteiger partial charge in [0.25, 0.3) is 17.4 Å². The van der Waals surface area contributed by atoms with E-state index in [1.54, 1.807) is 38.4 Å². The summed E-state index contributed by atoms with van der Waals surface area (Å²) >= 11 is 6.11. The van der Waals surface area contributed by atoms with Gasteiger partial charge in [0, 0.05) is 44.5 Å². The smallest absolute Gasteiger partial charge is 0.416 e. The number of nitrogens with zero attached hydrogens (tertiary/aromatic N) is 7. The lowest BCUT2D eigenvalue weighted by Gasteiger charge is -2.38. The van der Waals surface area contributed by atoms with E-state index in [0.717, 1.165) is 16.6 Å². The highest BCUT2D eigenvalue weighted by Crippen LogP contribution is 2.43. The summed E-state index contributed by atoms with van der Waals surface area (Å²) in [4.78, 5) is 65.0. The molecule has 0 unspecified atom stereocenters. The number of ether oxygens (including phenoxy) is 1. The van der Waals surface area contributed by atoms with Gasteiger partial charge in [0.1, 0.15) is 17.9 Å². The summed E-state index contributed by atoms with van der Waals surface area (Å²) < 4.78 is 48.5. The third-order valence-electron chi connectivity index (χ3n) is 9.31. The molecule has 2 aliphatic heterocycles. The van der Waals surface area contributed by atoms with E-state index >= 15 is 0 Å². The van der Waals surface area contributed by atoms with Crippen molar-refractivity contribution in [2.24, 2.45) is 0 Å². The van der Waals surface area contributed by atoms with Gasteiger partial charge in [-0.1, -0.05) is 23.7 Å². The Kier molecular flexibility index (Phi) is 8.94. The van der Waals surface area contributed by atoms with E-state index in [4.69, 9.17) is 16.3 Å². The van der Waals surface area contributed by atoms with Gasteiger partial charge in [-0.2, -0.15) is 22.7 Å². The van der Waals surface area contributed by atoms with Crippen molar-refractivity contribution in [3.8, 4) is 17.1 Å².